The largest absolute Gasteiger partial charge is 0.309 e. The summed E-state index contributed by atoms with van der Waals surface area (Å²) >= 11 is 0. The number of amidine groups is 1. The fourth-order valence-electron chi connectivity index (χ4n) is 5.01. The first-order valence-electron chi connectivity index (χ1n) is 12.8. The van der Waals surface area contributed by atoms with Gasteiger partial charge >= 0.3 is 0 Å². The molecule has 4 rings (SSSR count). The molecule has 2 aromatic carbocycles. The number of fused-ring (bicyclic) bond motifs is 1. The number of hydrogen-bond acceptors (Lipinski definition) is 3. The van der Waals surface area contributed by atoms with Gasteiger partial charge in [-0.2, -0.15) is 0 Å². The van der Waals surface area contributed by atoms with Crippen LogP contribution in [0.2, 0.25) is 0 Å². The van der Waals surface area contributed by atoms with Crippen LogP contribution in [0.15, 0.2) is 58.5 Å². The molecule has 5 heteroatoms. The first-order chi connectivity index (χ1) is 16.6. The molecule has 0 aromatic heterocycles. The van der Waals surface area contributed by atoms with E-state index in [4.69, 9.17) is 9.98 Å². The highest BCUT2D eigenvalue weighted by atomic mass is 19.1. The van der Waals surface area contributed by atoms with E-state index in [1.54, 1.807) is 6.07 Å². The van der Waals surface area contributed by atoms with Crippen molar-refractivity contribution >= 4 is 17.5 Å². The van der Waals surface area contributed by atoms with Crippen LogP contribution in [-0.4, -0.2) is 23.5 Å². The third kappa shape index (κ3) is 7.09. The van der Waals surface area contributed by atoms with Crippen molar-refractivity contribution in [2.24, 2.45) is 15.9 Å². The van der Waals surface area contributed by atoms with E-state index in [1.165, 1.54) is 30.9 Å². The van der Waals surface area contributed by atoms with E-state index < -0.39 is 0 Å². The van der Waals surface area contributed by atoms with E-state index in [2.05, 4.69) is 24.4 Å². The molecule has 4 nitrogen and oxygen atoms in total. The van der Waals surface area contributed by atoms with Crippen molar-refractivity contribution in [1.82, 2.24) is 5.32 Å². The molecule has 1 aliphatic carbocycles. The van der Waals surface area contributed by atoms with Gasteiger partial charge < -0.3 is 5.32 Å². The lowest BCUT2D eigenvalue weighted by Crippen LogP contribution is -2.38. The maximum absolute atomic E-state index is 13.9. The zero-order valence-electron chi connectivity index (χ0n) is 20.2. The molecule has 1 N–H and O–H groups in total. The SMILES string of the molecule is CC1CCc2cc(F)ccc2CN=C(CCc2ccccc2)C(NC(=O)CC2CCCCC2)=N1. The van der Waals surface area contributed by atoms with E-state index in [1.807, 2.05) is 24.3 Å². The topological polar surface area (TPSA) is 53.8 Å². The average Bonchev–Trinajstić information content (AvgIpc) is 2.84. The number of benzene rings is 2. The van der Waals surface area contributed by atoms with Crippen molar-refractivity contribution in [3.63, 3.8) is 0 Å². The van der Waals surface area contributed by atoms with Crippen LogP contribution in [0.1, 0.15) is 75.0 Å². The number of hydrogen-bond donors (Lipinski definition) is 1. The van der Waals surface area contributed by atoms with Crippen LogP contribution in [0, 0.1) is 11.7 Å². The van der Waals surface area contributed by atoms with Crippen molar-refractivity contribution in [2.45, 2.75) is 83.7 Å². The maximum atomic E-state index is 13.9. The lowest BCUT2D eigenvalue weighted by molar-refractivity contribution is -0.120. The monoisotopic (exact) mass is 461 g/mol. The van der Waals surface area contributed by atoms with Gasteiger partial charge in [0.1, 0.15) is 11.7 Å². The summed E-state index contributed by atoms with van der Waals surface area (Å²) in [5.74, 6) is 0.924. The van der Waals surface area contributed by atoms with E-state index in [9.17, 15) is 9.18 Å². The number of halogens is 1. The Morgan fingerprint density at radius 3 is 2.59 bits per heavy atom. The lowest BCUT2D eigenvalue weighted by atomic mass is 9.87. The number of nitrogens with one attached hydrogen (secondary N) is 1. The van der Waals surface area contributed by atoms with Crippen LogP contribution in [0.3, 0.4) is 0 Å². The van der Waals surface area contributed by atoms with Gasteiger partial charge in [0.05, 0.1) is 12.3 Å². The highest BCUT2D eigenvalue weighted by molar-refractivity contribution is 6.43. The van der Waals surface area contributed by atoms with Crippen molar-refractivity contribution < 1.29 is 9.18 Å². The summed E-state index contributed by atoms with van der Waals surface area (Å²) in [4.78, 5) is 22.9. The molecule has 2 aromatic rings. The predicted octanol–water partition coefficient (Wildman–Crippen LogP) is 6.22. The average molecular weight is 462 g/mol. The lowest BCUT2D eigenvalue weighted by Gasteiger charge is -2.22. The Hall–Kier alpha value is -2.82. The Morgan fingerprint density at radius 2 is 1.79 bits per heavy atom. The molecular weight excluding hydrogens is 425 g/mol. The Balaban J connectivity index is 1.57. The Kier molecular flexibility index (Phi) is 8.62. The Morgan fingerprint density at radius 1 is 1.00 bits per heavy atom. The first kappa shape index (κ1) is 24.3. The Labute approximate surface area is 202 Å². The highest BCUT2D eigenvalue weighted by Gasteiger charge is 2.21. The van der Waals surface area contributed by atoms with Crippen LogP contribution >= 0.6 is 0 Å². The molecule has 1 amide bonds. The molecule has 1 unspecified atom stereocenters. The fraction of sp³-hybridized carbons (Fsp3) is 0.483. The molecule has 1 heterocycles. The second-order valence-corrected chi connectivity index (χ2v) is 9.78. The van der Waals surface area contributed by atoms with E-state index in [-0.39, 0.29) is 17.8 Å². The van der Waals surface area contributed by atoms with Crippen molar-refractivity contribution in [2.75, 3.05) is 0 Å². The minimum absolute atomic E-state index is 0.00104. The van der Waals surface area contributed by atoms with Gasteiger partial charge in [0.25, 0.3) is 0 Å². The minimum Gasteiger partial charge on any atom is -0.309 e. The van der Waals surface area contributed by atoms with Crippen molar-refractivity contribution in [3.8, 4) is 0 Å². The molecule has 2 aliphatic rings. The number of rotatable bonds is 5. The smallest absolute Gasteiger partial charge is 0.225 e. The van der Waals surface area contributed by atoms with Crippen LogP contribution in [0.4, 0.5) is 4.39 Å². The first-order valence-corrected chi connectivity index (χ1v) is 12.8. The number of nitrogens with zero attached hydrogens (tertiary/aromatic N) is 2. The van der Waals surface area contributed by atoms with E-state index in [0.717, 1.165) is 48.9 Å². The van der Waals surface area contributed by atoms with Gasteiger partial charge in [0.15, 0.2) is 0 Å². The van der Waals surface area contributed by atoms with Gasteiger partial charge in [-0.25, -0.2) is 4.39 Å². The van der Waals surface area contributed by atoms with Gasteiger partial charge in [-0.05, 0) is 80.2 Å². The molecule has 0 bridgehead atoms. The van der Waals surface area contributed by atoms with Crippen molar-refractivity contribution in [3.05, 3.63) is 71.0 Å². The molecule has 1 fully saturated rings. The standard InChI is InChI=1S/C29H36FN3O/c1-21-12-14-24-19-26(30)16-15-25(24)20-31-27(17-13-22-8-4-2-5-9-22)29(32-21)33-28(34)18-23-10-6-3-7-11-23/h2,4-5,8-9,15-16,19,21,23H,3,6-7,10-14,17-18,20H2,1H3,(H,32,33,34). The molecule has 0 spiro atoms. The van der Waals surface area contributed by atoms with Gasteiger partial charge in [0.2, 0.25) is 5.91 Å². The molecule has 0 radical (unpaired) electrons. The highest BCUT2D eigenvalue weighted by Crippen LogP contribution is 2.26. The summed E-state index contributed by atoms with van der Waals surface area (Å²) in [5, 5.41) is 3.15. The number of amides is 1. The number of carbonyl (C=O) groups excluding carboxylic acids is 1. The molecule has 0 saturated heterocycles. The third-order valence-electron chi connectivity index (χ3n) is 7.01. The minimum atomic E-state index is -0.212. The molecule has 1 atom stereocenters. The van der Waals surface area contributed by atoms with Crippen molar-refractivity contribution in [1.29, 1.82) is 0 Å². The summed E-state index contributed by atoms with van der Waals surface area (Å²) in [7, 11) is 0. The predicted molar refractivity (Wildman–Crippen MR) is 137 cm³/mol. The summed E-state index contributed by atoms with van der Waals surface area (Å²) in [5.41, 5.74) is 4.09. The summed E-state index contributed by atoms with van der Waals surface area (Å²) in [6, 6.07) is 15.3. The van der Waals surface area contributed by atoms with Gasteiger partial charge in [-0.15, -0.1) is 0 Å². The molecule has 180 valence electrons. The summed E-state index contributed by atoms with van der Waals surface area (Å²) in [6.07, 6.45) is 9.61. The third-order valence-corrected chi connectivity index (χ3v) is 7.01. The normalized spacial score (nSPS) is 19.5. The van der Waals surface area contributed by atoms with Crippen LogP contribution in [-0.2, 0) is 24.2 Å². The van der Waals surface area contributed by atoms with Gasteiger partial charge in [0, 0.05) is 12.5 Å². The molecule has 1 saturated carbocycles. The van der Waals surface area contributed by atoms with E-state index in [0.29, 0.717) is 31.1 Å². The summed E-state index contributed by atoms with van der Waals surface area (Å²) in [6.45, 7) is 2.52. The number of carbonyl (C=O) groups is 1. The fourth-order valence-corrected chi connectivity index (χ4v) is 5.01. The number of aliphatic imine (C=N–C) groups is 2. The van der Waals surface area contributed by atoms with Gasteiger partial charge in [-0.3, -0.25) is 14.8 Å². The second kappa shape index (κ2) is 12.0. The molecular formula is C29H36FN3O. The molecule has 34 heavy (non-hydrogen) atoms. The maximum Gasteiger partial charge on any atom is 0.225 e. The summed E-state index contributed by atoms with van der Waals surface area (Å²) < 4.78 is 13.9. The number of aryl methyl sites for hydroxylation is 2. The zero-order valence-corrected chi connectivity index (χ0v) is 20.2. The quantitative estimate of drug-likeness (QED) is 0.565. The van der Waals surface area contributed by atoms with Crippen LogP contribution < -0.4 is 5.32 Å². The van der Waals surface area contributed by atoms with Gasteiger partial charge in [-0.1, -0.05) is 55.7 Å². The Bertz CT molecular complexity index is 1020. The second-order valence-electron chi connectivity index (χ2n) is 9.78. The van der Waals surface area contributed by atoms with E-state index >= 15 is 0 Å². The van der Waals surface area contributed by atoms with Crippen LogP contribution in [0.25, 0.3) is 0 Å². The zero-order chi connectivity index (χ0) is 23.8. The molecule has 1 aliphatic heterocycles. The van der Waals surface area contributed by atoms with Crippen LogP contribution in [0.5, 0.6) is 0 Å².